The van der Waals surface area contributed by atoms with Crippen LogP contribution in [0, 0.1) is 0 Å². The third-order valence-corrected chi connectivity index (χ3v) is 4.11. The minimum atomic E-state index is -0.984. The Balaban J connectivity index is 1.85. The van der Waals surface area contributed by atoms with Gasteiger partial charge in [-0.25, -0.2) is 0 Å². The van der Waals surface area contributed by atoms with Crippen LogP contribution in [0.15, 0.2) is 71.8 Å². The van der Waals surface area contributed by atoms with E-state index in [1.807, 2.05) is 55.5 Å². The number of hydrogen-bond donors (Lipinski definition) is 1. The fraction of sp³-hybridized carbons (Fsp3) is 0.176. The van der Waals surface area contributed by atoms with Crippen LogP contribution in [-0.2, 0) is 23.1 Å². The summed E-state index contributed by atoms with van der Waals surface area (Å²) in [4.78, 5) is 0. The molecular weight excluding hydrogens is 266 g/mol. The van der Waals surface area contributed by atoms with Gasteiger partial charge in [-0.1, -0.05) is 60.7 Å². The van der Waals surface area contributed by atoms with E-state index in [-0.39, 0.29) is 0 Å². The van der Waals surface area contributed by atoms with E-state index in [1.54, 1.807) is 5.41 Å². The normalized spacial score (nSPS) is 12.9. The maximum atomic E-state index is 12.0. The largest absolute Gasteiger partial charge is 0.384 e. The molecule has 0 bridgehead atoms. The van der Waals surface area contributed by atoms with Crippen LogP contribution in [-0.4, -0.2) is 4.21 Å². The molecule has 0 saturated heterocycles. The van der Waals surface area contributed by atoms with E-state index in [4.69, 9.17) is 0 Å². The molecule has 0 heterocycles. The van der Waals surface area contributed by atoms with Gasteiger partial charge in [0.05, 0.1) is 16.6 Å². The Bertz CT molecular complexity index is 578. The summed E-state index contributed by atoms with van der Waals surface area (Å²) in [7, 11) is -0.984. The van der Waals surface area contributed by atoms with Crippen molar-refractivity contribution in [2.75, 3.05) is 0 Å². The summed E-state index contributed by atoms with van der Waals surface area (Å²) in [6, 6.07) is 20.1. The lowest BCUT2D eigenvalue weighted by Crippen LogP contribution is -2.11. The quantitative estimate of drug-likeness (QED) is 0.879. The van der Waals surface area contributed by atoms with Crippen molar-refractivity contribution in [3.05, 3.63) is 82.9 Å². The van der Waals surface area contributed by atoms with Crippen molar-refractivity contribution in [2.45, 2.75) is 19.2 Å². The fourth-order valence-corrected chi connectivity index (χ4v) is 2.94. The van der Waals surface area contributed by atoms with Gasteiger partial charge in [-0.05, 0) is 18.1 Å². The van der Waals surface area contributed by atoms with Crippen LogP contribution in [0.5, 0.6) is 0 Å². The third-order valence-electron chi connectivity index (χ3n) is 2.87. The second kappa shape index (κ2) is 7.65. The summed E-state index contributed by atoms with van der Waals surface area (Å²) in [5, 5.41) is 5.07. The summed E-state index contributed by atoms with van der Waals surface area (Å²) in [6.07, 6.45) is 0. The Morgan fingerprint density at radius 1 is 1.00 bits per heavy atom. The number of allylic oxidation sites excluding steroid dienone is 1. The van der Waals surface area contributed by atoms with Gasteiger partial charge < -0.3 is 5.32 Å². The van der Waals surface area contributed by atoms with Crippen molar-refractivity contribution in [2.24, 2.45) is 0 Å². The molecule has 1 N–H and O–H groups in total. The lowest BCUT2D eigenvalue weighted by Gasteiger charge is -2.06. The van der Waals surface area contributed by atoms with Gasteiger partial charge in [-0.15, -0.1) is 0 Å². The highest BCUT2D eigenvalue weighted by molar-refractivity contribution is 7.87. The van der Waals surface area contributed by atoms with Crippen LogP contribution in [0.4, 0.5) is 0 Å². The van der Waals surface area contributed by atoms with Crippen molar-refractivity contribution >= 4 is 10.8 Å². The van der Waals surface area contributed by atoms with Crippen LogP contribution >= 0.6 is 0 Å². The molecule has 0 radical (unpaired) electrons. The number of hydrogen-bond acceptors (Lipinski definition) is 2. The van der Waals surface area contributed by atoms with Crippen molar-refractivity contribution < 1.29 is 4.21 Å². The molecule has 2 aromatic carbocycles. The monoisotopic (exact) mass is 285 g/mol. The maximum absolute atomic E-state index is 12.0. The van der Waals surface area contributed by atoms with Crippen molar-refractivity contribution in [3.8, 4) is 0 Å². The molecular formula is C17H19NOS. The first kappa shape index (κ1) is 14.5. The molecule has 1 unspecified atom stereocenters. The minimum absolute atomic E-state index is 0.561. The Labute approximate surface area is 123 Å². The Kier molecular flexibility index (Phi) is 5.56. The zero-order valence-corrected chi connectivity index (χ0v) is 12.4. The molecule has 0 saturated carbocycles. The second-order valence-electron chi connectivity index (χ2n) is 4.65. The highest BCUT2D eigenvalue weighted by Gasteiger charge is 1.99. The molecule has 0 aliphatic heterocycles. The molecule has 0 aliphatic rings. The highest BCUT2D eigenvalue weighted by Crippen LogP contribution is 2.05. The second-order valence-corrected chi connectivity index (χ2v) is 5.94. The molecule has 0 spiro atoms. The van der Waals surface area contributed by atoms with Gasteiger partial charge in [0.25, 0.3) is 0 Å². The highest BCUT2D eigenvalue weighted by atomic mass is 32.2. The van der Waals surface area contributed by atoms with Gasteiger partial charge in [0.2, 0.25) is 0 Å². The van der Waals surface area contributed by atoms with E-state index in [2.05, 4.69) is 17.4 Å². The molecule has 0 fully saturated rings. The summed E-state index contributed by atoms with van der Waals surface area (Å²) < 4.78 is 12.0. The third kappa shape index (κ3) is 5.02. The summed E-state index contributed by atoms with van der Waals surface area (Å²) in [5.41, 5.74) is 3.26. The molecule has 20 heavy (non-hydrogen) atoms. The first-order valence-corrected chi connectivity index (χ1v) is 7.99. The van der Waals surface area contributed by atoms with Crippen molar-refractivity contribution in [1.82, 2.24) is 5.32 Å². The SMILES string of the molecule is C/C(=C\S(=O)Cc1ccccc1)NCc1ccccc1. The summed E-state index contributed by atoms with van der Waals surface area (Å²) in [6.45, 7) is 2.71. The van der Waals surface area contributed by atoms with Crippen molar-refractivity contribution in [3.63, 3.8) is 0 Å². The number of rotatable bonds is 6. The van der Waals surface area contributed by atoms with Crippen LogP contribution in [0.3, 0.4) is 0 Å². The Morgan fingerprint density at radius 3 is 2.15 bits per heavy atom. The Hall–Kier alpha value is -1.87. The van der Waals surface area contributed by atoms with E-state index in [1.165, 1.54) is 5.56 Å². The van der Waals surface area contributed by atoms with Gasteiger partial charge in [-0.2, -0.15) is 0 Å². The van der Waals surface area contributed by atoms with Crippen LogP contribution < -0.4 is 5.32 Å². The van der Waals surface area contributed by atoms with Crippen LogP contribution in [0.1, 0.15) is 18.1 Å². The molecule has 2 nitrogen and oxygen atoms in total. The van der Waals surface area contributed by atoms with Crippen LogP contribution in [0.2, 0.25) is 0 Å². The predicted molar refractivity (Wildman–Crippen MR) is 85.3 cm³/mol. The van der Waals surface area contributed by atoms with Gasteiger partial charge in [0, 0.05) is 17.6 Å². The van der Waals surface area contributed by atoms with Gasteiger partial charge >= 0.3 is 0 Å². The topological polar surface area (TPSA) is 29.1 Å². The number of benzene rings is 2. The molecule has 104 valence electrons. The fourth-order valence-electron chi connectivity index (χ4n) is 1.86. The molecule has 2 aromatic rings. The zero-order chi connectivity index (χ0) is 14.2. The van der Waals surface area contributed by atoms with E-state index >= 15 is 0 Å². The van der Waals surface area contributed by atoms with Gasteiger partial charge in [0.15, 0.2) is 0 Å². The minimum Gasteiger partial charge on any atom is -0.384 e. The molecule has 1 atom stereocenters. The average Bonchev–Trinajstić information content (AvgIpc) is 2.47. The Morgan fingerprint density at radius 2 is 1.55 bits per heavy atom. The summed E-state index contributed by atoms with van der Waals surface area (Å²) >= 11 is 0. The molecule has 3 heteroatoms. The zero-order valence-electron chi connectivity index (χ0n) is 11.6. The van der Waals surface area contributed by atoms with E-state index in [0.29, 0.717) is 5.75 Å². The standard InChI is InChI=1S/C17H19NOS/c1-15(18-12-16-8-4-2-5-9-16)13-20(19)14-17-10-6-3-7-11-17/h2-11,13,18H,12,14H2,1H3/b15-13+. The van der Waals surface area contributed by atoms with Gasteiger partial charge in [0.1, 0.15) is 0 Å². The van der Waals surface area contributed by atoms with Crippen molar-refractivity contribution in [1.29, 1.82) is 0 Å². The first-order chi connectivity index (χ1) is 9.74. The summed E-state index contributed by atoms with van der Waals surface area (Å²) in [5.74, 6) is 0.561. The average molecular weight is 285 g/mol. The molecule has 0 aliphatic carbocycles. The predicted octanol–water partition coefficient (Wildman–Crippen LogP) is 3.59. The molecule has 2 rings (SSSR count). The van der Waals surface area contributed by atoms with Crippen LogP contribution in [0.25, 0.3) is 0 Å². The first-order valence-electron chi connectivity index (χ1n) is 6.61. The van der Waals surface area contributed by atoms with E-state index < -0.39 is 10.8 Å². The lowest BCUT2D eigenvalue weighted by atomic mass is 10.2. The molecule has 0 amide bonds. The smallest absolute Gasteiger partial charge is 0.0527 e. The molecule has 0 aromatic heterocycles. The number of nitrogens with one attached hydrogen (secondary N) is 1. The maximum Gasteiger partial charge on any atom is 0.0527 e. The van der Waals surface area contributed by atoms with Gasteiger partial charge in [-0.3, -0.25) is 4.21 Å². The lowest BCUT2D eigenvalue weighted by molar-refractivity contribution is 0.687. The van der Waals surface area contributed by atoms with E-state index in [0.717, 1.165) is 17.8 Å². The van der Waals surface area contributed by atoms with E-state index in [9.17, 15) is 4.21 Å².